The standard InChI is InChI=1S/C11H11N3S/c1-2-9(15-3-1)4-11-13-6-8-5-12-7-10(8)14-11/h1-3,6,12H,4-5,7H2. The van der Waals surface area contributed by atoms with E-state index in [1.807, 2.05) is 6.20 Å². The van der Waals surface area contributed by atoms with E-state index in [1.54, 1.807) is 11.3 Å². The summed E-state index contributed by atoms with van der Waals surface area (Å²) in [5.41, 5.74) is 2.40. The largest absolute Gasteiger partial charge is 0.307 e. The van der Waals surface area contributed by atoms with Crippen molar-refractivity contribution in [3.8, 4) is 0 Å². The van der Waals surface area contributed by atoms with Gasteiger partial charge in [0.25, 0.3) is 0 Å². The highest BCUT2D eigenvalue weighted by molar-refractivity contribution is 7.09. The van der Waals surface area contributed by atoms with Crippen LogP contribution in [0.25, 0.3) is 0 Å². The zero-order valence-corrected chi connectivity index (χ0v) is 9.05. The quantitative estimate of drug-likeness (QED) is 0.832. The lowest BCUT2D eigenvalue weighted by Crippen LogP contribution is -2.01. The molecule has 3 rings (SSSR count). The maximum Gasteiger partial charge on any atom is 0.133 e. The molecular formula is C11H11N3S. The summed E-state index contributed by atoms with van der Waals surface area (Å²) < 4.78 is 0. The second kappa shape index (κ2) is 3.72. The van der Waals surface area contributed by atoms with Gasteiger partial charge in [0.2, 0.25) is 0 Å². The number of fused-ring (bicyclic) bond motifs is 1. The molecule has 0 saturated carbocycles. The second-order valence-corrected chi connectivity index (χ2v) is 4.65. The number of nitrogens with one attached hydrogen (secondary N) is 1. The molecule has 0 bridgehead atoms. The Labute approximate surface area is 92.2 Å². The third-order valence-corrected chi connectivity index (χ3v) is 3.40. The number of nitrogens with zero attached hydrogens (tertiary/aromatic N) is 2. The van der Waals surface area contributed by atoms with Crippen LogP contribution in [0, 0.1) is 0 Å². The van der Waals surface area contributed by atoms with Crippen molar-refractivity contribution in [3.63, 3.8) is 0 Å². The molecule has 4 heteroatoms. The maximum atomic E-state index is 4.56. The summed E-state index contributed by atoms with van der Waals surface area (Å²) in [6.45, 7) is 1.80. The summed E-state index contributed by atoms with van der Waals surface area (Å²) in [4.78, 5) is 10.3. The molecule has 1 aliphatic rings. The van der Waals surface area contributed by atoms with Crippen molar-refractivity contribution in [2.24, 2.45) is 0 Å². The van der Waals surface area contributed by atoms with Crippen molar-refractivity contribution in [3.05, 3.63) is 45.7 Å². The van der Waals surface area contributed by atoms with E-state index in [0.717, 1.165) is 31.0 Å². The van der Waals surface area contributed by atoms with Crippen LogP contribution in [0.5, 0.6) is 0 Å². The lowest BCUT2D eigenvalue weighted by atomic mass is 10.2. The van der Waals surface area contributed by atoms with Crippen LogP contribution in [-0.2, 0) is 19.5 Å². The summed E-state index contributed by atoms with van der Waals surface area (Å²) in [6.07, 6.45) is 2.80. The van der Waals surface area contributed by atoms with Gasteiger partial charge in [0.15, 0.2) is 0 Å². The molecule has 76 valence electrons. The number of rotatable bonds is 2. The Morgan fingerprint density at radius 1 is 1.40 bits per heavy atom. The van der Waals surface area contributed by atoms with E-state index in [9.17, 15) is 0 Å². The van der Waals surface area contributed by atoms with Crippen LogP contribution in [0.3, 0.4) is 0 Å². The van der Waals surface area contributed by atoms with Gasteiger partial charge in [-0.05, 0) is 11.4 Å². The Hall–Kier alpha value is -1.26. The van der Waals surface area contributed by atoms with Gasteiger partial charge in [-0.15, -0.1) is 11.3 Å². The van der Waals surface area contributed by atoms with Crippen molar-refractivity contribution in [1.82, 2.24) is 15.3 Å². The number of thiophene rings is 1. The molecule has 0 atom stereocenters. The number of hydrogen-bond acceptors (Lipinski definition) is 4. The second-order valence-electron chi connectivity index (χ2n) is 3.62. The van der Waals surface area contributed by atoms with Crippen LogP contribution in [0.1, 0.15) is 22.0 Å². The first-order valence-corrected chi connectivity index (χ1v) is 5.86. The Kier molecular flexibility index (Phi) is 2.23. The van der Waals surface area contributed by atoms with Crippen LogP contribution in [0.4, 0.5) is 0 Å². The summed E-state index contributed by atoms with van der Waals surface area (Å²) >= 11 is 1.76. The van der Waals surface area contributed by atoms with E-state index >= 15 is 0 Å². The first-order chi connectivity index (χ1) is 7.42. The van der Waals surface area contributed by atoms with Crippen LogP contribution in [0.15, 0.2) is 23.7 Å². The van der Waals surface area contributed by atoms with E-state index in [4.69, 9.17) is 0 Å². The molecule has 1 N–H and O–H groups in total. The smallest absolute Gasteiger partial charge is 0.133 e. The van der Waals surface area contributed by atoms with Gasteiger partial charge in [0.05, 0.1) is 5.69 Å². The molecule has 1 aliphatic heterocycles. The first kappa shape index (κ1) is 9.00. The average molecular weight is 217 g/mol. The van der Waals surface area contributed by atoms with E-state index in [-0.39, 0.29) is 0 Å². The van der Waals surface area contributed by atoms with Gasteiger partial charge in [-0.25, -0.2) is 9.97 Å². The van der Waals surface area contributed by atoms with Crippen molar-refractivity contribution in [2.45, 2.75) is 19.5 Å². The van der Waals surface area contributed by atoms with Gasteiger partial charge < -0.3 is 5.32 Å². The highest BCUT2D eigenvalue weighted by Crippen LogP contribution is 2.15. The molecule has 3 heterocycles. The van der Waals surface area contributed by atoms with Crippen molar-refractivity contribution in [2.75, 3.05) is 0 Å². The van der Waals surface area contributed by atoms with Crippen LogP contribution in [-0.4, -0.2) is 9.97 Å². The molecule has 15 heavy (non-hydrogen) atoms. The summed E-state index contributed by atoms with van der Waals surface area (Å²) in [5, 5.41) is 5.36. The Bertz CT molecular complexity index is 465. The van der Waals surface area contributed by atoms with Gasteiger partial charge in [0, 0.05) is 36.1 Å². The lowest BCUT2D eigenvalue weighted by molar-refractivity contribution is 0.756. The fourth-order valence-corrected chi connectivity index (χ4v) is 2.46. The van der Waals surface area contributed by atoms with E-state index < -0.39 is 0 Å². The predicted molar refractivity (Wildman–Crippen MR) is 59.7 cm³/mol. The Morgan fingerprint density at radius 2 is 2.40 bits per heavy atom. The van der Waals surface area contributed by atoms with E-state index in [2.05, 4.69) is 32.8 Å². The summed E-state index contributed by atoms with van der Waals surface area (Å²) in [6, 6.07) is 4.19. The number of hydrogen-bond donors (Lipinski definition) is 1. The molecule has 0 aliphatic carbocycles. The topological polar surface area (TPSA) is 37.8 Å². The zero-order valence-electron chi connectivity index (χ0n) is 8.23. The maximum absolute atomic E-state index is 4.56. The SMILES string of the molecule is c1csc(Cc2ncc3c(n2)CNC3)c1. The predicted octanol–water partition coefficient (Wildman–Crippen LogP) is 1.73. The zero-order chi connectivity index (χ0) is 10.1. The minimum Gasteiger partial charge on any atom is -0.307 e. The van der Waals surface area contributed by atoms with Gasteiger partial charge in [-0.1, -0.05) is 6.07 Å². The third-order valence-electron chi connectivity index (χ3n) is 2.52. The summed E-state index contributed by atoms with van der Waals surface area (Å²) in [7, 11) is 0. The van der Waals surface area contributed by atoms with Crippen molar-refractivity contribution < 1.29 is 0 Å². The number of aromatic nitrogens is 2. The normalized spacial score (nSPS) is 14.1. The monoisotopic (exact) mass is 217 g/mol. The molecule has 0 saturated heterocycles. The van der Waals surface area contributed by atoms with E-state index in [0.29, 0.717) is 0 Å². The molecule has 3 nitrogen and oxygen atoms in total. The fourth-order valence-electron chi connectivity index (χ4n) is 1.75. The highest BCUT2D eigenvalue weighted by Gasteiger charge is 2.12. The van der Waals surface area contributed by atoms with Gasteiger partial charge in [-0.2, -0.15) is 0 Å². The average Bonchev–Trinajstić information content (AvgIpc) is 2.87. The molecule has 0 spiro atoms. The lowest BCUT2D eigenvalue weighted by Gasteiger charge is -2.00. The molecule has 0 unspecified atom stereocenters. The Balaban J connectivity index is 1.87. The highest BCUT2D eigenvalue weighted by atomic mass is 32.1. The first-order valence-electron chi connectivity index (χ1n) is 4.98. The molecule has 0 amide bonds. The molecular weight excluding hydrogens is 206 g/mol. The molecule has 2 aromatic rings. The van der Waals surface area contributed by atoms with Crippen LogP contribution < -0.4 is 5.32 Å². The van der Waals surface area contributed by atoms with Gasteiger partial charge >= 0.3 is 0 Å². The Morgan fingerprint density at radius 3 is 3.27 bits per heavy atom. The molecule has 2 aromatic heterocycles. The van der Waals surface area contributed by atoms with Crippen molar-refractivity contribution in [1.29, 1.82) is 0 Å². The van der Waals surface area contributed by atoms with Crippen molar-refractivity contribution >= 4 is 11.3 Å². The van der Waals surface area contributed by atoms with Gasteiger partial charge in [0.1, 0.15) is 5.82 Å². The minimum atomic E-state index is 0.852. The minimum absolute atomic E-state index is 0.852. The van der Waals surface area contributed by atoms with Crippen LogP contribution in [0.2, 0.25) is 0 Å². The van der Waals surface area contributed by atoms with Crippen LogP contribution >= 0.6 is 11.3 Å². The fraction of sp³-hybridized carbons (Fsp3) is 0.273. The summed E-state index contributed by atoms with van der Waals surface area (Å²) in [5.74, 6) is 0.930. The molecule has 0 aromatic carbocycles. The third kappa shape index (κ3) is 1.78. The van der Waals surface area contributed by atoms with Gasteiger partial charge in [-0.3, -0.25) is 0 Å². The van der Waals surface area contributed by atoms with E-state index in [1.165, 1.54) is 10.4 Å². The molecule has 0 radical (unpaired) electrons. The molecule has 0 fully saturated rings.